The molecular formula is C17H23NO2. The van der Waals surface area contributed by atoms with Gasteiger partial charge >= 0.3 is 0 Å². The van der Waals surface area contributed by atoms with E-state index in [2.05, 4.69) is 4.90 Å². The lowest BCUT2D eigenvalue weighted by Crippen LogP contribution is -2.48. The molecule has 2 aliphatic rings. The van der Waals surface area contributed by atoms with Crippen LogP contribution in [0.25, 0.3) is 0 Å². The summed E-state index contributed by atoms with van der Waals surface area (Å²) >= 11 is 0. The summed E-state index contributed by atoms with van der Waals surface area (Å²) in [7, 11) is 0. The minimum Gasteiger partial charge on any atom is -0.508 e. The van der Waals surface area contributed by atoms with Crippen molar-refractivity contribution in [2.24, 2.45) is 5.92 Å². The van der Waals surface area contributed by atoms with E-state index in [-0.39, 0.29) is 11.5 Å². The Kier molecular flexibility index (Phi) is 4.06. The van der Waals surface area contributed by atoms with Crippen molar-refractivity contribution in [1.29, 1.82) is 0 Å². The molecule has 2 atom stereocenters. The number of benzene rings is 1. The lowest BCUT2D eigenvalue weighted by Gasteiger charge is -2.43. The number of carbonyl (C=O) groups is 1. The van der Waals surface area contributed by atoms with Crippen molar-refractivity contribution in [2.75, 3.05) is 13.1 Å². The number of Topliss-reactive ketones (excluding diaryl/α,β-unsaturated/α-hetero) is 1. The van der Waals surface area contributed by atoms with Gasteiger partial charge in [-0.2, -0.15) is 0 Å². The average molecular weight is 273 g/mol. The summed E-state index contributed by atoms with van der Waals surface area (Å²) in [6.45, 7) is 1.59. The molecule has 1 N–H and O–H groups in total. The SMILES string of the molecule is O=C(CN1CCCC2CCCCC21)c1ccc(O)cc1. The van der Waals surface area contributed by atoms with Crippen LogP contribution in [-0.4, -0.2) is 34.9 Å². The summed E-state index contributed by atoms with van der Waals surface area (Å²) in [4.78, 5) is 14.8. The van der Waals surface area contributed by atoms with Gasteiger partial charge in [-0.05, 0) is 62.4 Å². The smallest absolute Gasteiger partial charge is 0.176 e. The normalized spacial score (nSPS) is 27.0. The van der Waals surface area contributed by atoms with Crippen LogP contribution in [-0.2, 0) is 0 Å². The van der Waals surface area contributed by atoms with E-state index in [0.717, 1.165) is 12.5 Å². The maximum Gasteiger partial charge on any atom is 0.176 e. The molecule has 0 bridgehead atoms. The van der Waals surface area contributed by atoms with Gasteiger partial charge in [0.15, 0.2) is 5.78 Å². The van der Waals surface area contributed by atoms with E-state index in [1.165, 1.54) is 38.5 Å². The number of rotatable bonds is 3. The number of hydrogen-bond acceptors (Lipinski definition) is 3. The molecular weight excluding hydrogens is 250 g/mol. The van der Waals surface area contributed by atoms with Crippen LogP contribution < -0.4 is 0 Å². The van der Waals surface area contributed by atoms with Crippen molar-refractivity contribution >= 4 is 5.78 Å². The Morgan fingerprint density at radius 2 is 1.80 bits per heavy atom. The molecule has 0 radical (unpaired) electrons. The molecule has 0 aromatic heterocycles. The number of aromatic hydroxyl groups is 1. The van der Waals surface area contributed by atoms with Gasteiger partial charge in [0.2, 0.25) is 0 Å². The molecule has 3 rings (SSSR count). The van der Waals surface area contributed by atoms with Gasteiger partial charge in [-0.15, -0.1) is 0 Å². The van der Waals surface area contributed by atoms with Crippen LogP contribution in [0.15, 0.2) is 24.3 Å². The van der Waals surface area contributed by atoms with Crippen LogP contribution in [0.1, 0.15) is 48.9 Å². The first-order valence-corrected chi connectivity index (χ1v) is 7.80. The van der Waals surface area contributed by atoms with Gasteiger partial charge in [-0.1, -0.05) is 12.8 Å². The van der Waals surface area contributed by atoms with Crippen molar-refractivity contribution in [2.45, 2.75) is 44.6 Å². The van der Waals surface area contributed by atoms with Gasteiger partial charge in [0.25, 0.3) is 0 Å². The highest BCUT2D eigenvalue weighted by atomic mass is 16.3. The Balaban J connectivity index is 1.66. The first-order chi connectivity index (χ1) is 9.74. The van der Waals surface area contributed by atoms with E-state index >= 15 is 0 Å². The molecule has 3 nitrogen and oxygen atoms in total. The number of hydrogen-bond donors (Lipinski definition) is 1. The number of phenolic OH excluding ortho intramolecular Hbond substituents is 1. The van der Waals surface area contributed by atoms with Gasteiger partial charge in [-0.25, -0.2) is 0 Å². The number of nitrogens with zero attached hydrogens (tertiary/aromatic N) is 1. The maximum absolute atomic E-state index is 12.4. The maximum atomic E-state index is 12.4. The first kappa shape index (κ1) is 13.6. The summed E-state index contributed by atoms with van der Waals surface area (Å²) < 4.78 is 0. The van der Waals surface area contributed by atoms with Crippen molar-refractivity contribution in [1.82, 2.24) is 4.90 Å². The second kappa shape index (κ2) is 5.96. The largest absolute Gasteiger partial charge is 0.508 e. The third-order valence-electron chi connectivity index (χ3n) is 4.89. The van der Waals surface area contributed by atoms with Crippen molar-refractivity contribution in [3.63, 3.8) is 0 Å². The standard InChI is InChI=1S/C17H23NO2/c19-15-9-7-14(8-10-15)17(20)12-18-11-3-5-13-4-1-2-6-16(13)18/h7-10,13,16,19H,1-6,11-12H2. The van der Waals surface area contributed by atoms with Crippen molar-refractivity contribution in [3.05, 3.63) is 29.8 Å². The summed E-state index contributed by atoms with van der Waals surface area (Å²) in [5.41, 5.74) is 0.709. The van der Waals surface area contributed by atoms with Gasteiger partial charge in [0.05, 0.1) is 6.54 Å². The molecule has 1 aliphatic carbocycles. The Labute approximate surface area is 120 Å². The van der Waals surface area contributed by atoms with E-state index in [4.69, 9.17) is 0 Å². The number of piperidine rings is 1. The Bertz CT molecular complexity index is 466. The predicted octanol–water partition coefficient (Wildman–Crippen LogP) is 3.23. The third-order valence-corrected chi connectivity index (χ3v) is 4.89. The minimum absolute atomic E-state index is 0.177. The molecule has 1 heterocycles. The molecule has 1 aliphatic heterocycles. The number of carbonyl (C=O) groups excluding carboxylic acids is 1. The molecule has 0 amide bonds. The fourth-order valence-electron chi connectivity index (χ4n) is 3.85. The quantitative estimate of drug-likeness (QED) is 0.860. The zero-order valence-corrected chi connectivity index (χ0v) is 11.9. The van der Waals surface area contributed by atoms with Gasteiger partial charge in [0.1, 0.15) is 5.75 Å². The lowest BCUT2D eigenvalue weighted by atomic mass is 9.78. The molecule has 0 spiro atoms. The van der Waals surface area contributed by atoms with Gasteiger partial charge < -0.3 is 5.11 Å². The highest BCUT2D eigenvalue weighted by Crippen LogP contribution is 2.35. The summed E-state index contributed by atoms with van der Waals surface area (Å²) in [5, 5.41) is 9.29. The monoisotopic (exact) mass is 273 g/mol. The highest BCUT2D eigenvalue weighted by Gasteiger charge is 2.33. The fraction of sp³-hybridized carbons (Fsp3) is 0.588. The zero-order valence-electron chi connectivity index (χ0n) is 11.9. The summed E-state index contributed by atoms with van der Waals surface area (Å²) in [6.07, 6.45) is 7.84. The lowest BCUT2D eigenvalue weighted by molar-refractivity contribution is 0.0539. The van der Waals surface area contributed by atoms with Crippen molar-refractivity contribution < 1.29 is 9.90 Å². The van der Waals surface area contributed by atoms with E-state index in [1.807, 2.05) is 0 Å². The Morgan fingerprint density at radius 3 is 2.60 bits per heavy atom. The van der Waals surface area contributed by atoms with E-state index in [0.29, 0.717) is 18.2 Å². The molecule has 1 aromatic rings. The second-order valence-electron chi connectivity index (χ2n) is 6.19. The molecule has 3 heteroatoms. The number of phenols is 1. The molecule has 1 saturated heterocycles. The van der Waals surface area contributed by atoms with Crippen LogP contribution in [0.3, 0.4) is 0 Å². The zero-order chi connectivity index (χ0) is 13.9. The molecule has 20 heavy (non-hydrogen) atoms. The van der Waals surface area contributed by atoms with E-state index in [1.54, 1.807) is 24.3 Å². The van der Waals surface area contributed by atoms with Crippen LogP contribution in [0.2, 0.25) is 0 Å². The second-order valence-corrected chi connectivity index (χ2v) is 6.19. The Morgan fingerprint density at radius 1 is 1.10 bits per heavy atom. The molecule has 108 valence electrons. The van der Waals surface area contributed by atoms with Crippen LogP contribution >= 0.6 is 0 Å². The van der Waals surface area contributed by atoms with Crippen LogP contribution in [0.4, 0.5) is 0 Å². The molecule has 2 fully saturated rings. The Hall–Kier alpha value is -1.35. The summed E-state index contributed by atoms with van der Waals surface area (Å²) in [5.74, 6) is 1.20. The van der Waals surface area contributed by atoms with Crippen molar-refractivity contribution in [3.8, 4) is 5.75 Å². The van der Waals surface area contributed by atoms with Crippen LogP contribution in [0.5, 0.6) is 5.75 Å². The predicted molar refractivity (Wildman–Crippen MR) is 79.0 cm³/mol. The van der Waals surface area contributed by atoms with Gasteiger partial charge in [-0.3, -0.25) is 9.69 Å². The van der Waals surface area contributed by atoms with Crippen LogP contribution in [0, 0.1) is 5.92 Å². The third kappa shape index (κ3) is 2.88. The van der Waals surface area contributed by atoms with E-state index in [9.17, 15) is 9.90 Å². The van der Waals surface area contributed by atoms with Gasteiger partial charge in [0, 0.05) is 11.6 Å². The minimum atomic E-state index is 0.177. The summed E-state index contributed by atoms with van der Waals surface area (Å²) in [6, 6.07) is 7.25. The number of likely N-dealkylation sites (tertiary alicyclic amines) is 1. The molecule has 2 unspecified atom stereocenters. The topological polar surface area (TPSA) is 40.5 Å². The fourth-order valence-corrected chi connectivity index (χ4v) is 3.85. The highest BCUT2D eigenvalue weighted by molar-refractivity contribution is 5.97. The molecule has 1 saturated carbocycles. The first-order valence-electron chi connectivity index (χ1n) is 7.80. The average Bonchev–Trinajstić information content (AvgIpc) is 2.48. The molecule has 1 aromatic carbocycles. The number of ketones is 1. The number of fused-ring (bicyclic) bond motifs is 1. The van der Waals surface area contributed by atoms with E-state index < -0.39 is 0 Å².